The van der Waals surface area contributed by atoms with Crippen molar-refractivity contribution >= 4 is 73.4 Å². The van der Waals surface area contributed by atoms with Gasteiger partial charge in [-0.2, -0.15) is 0 Å². The van der Waals surface area contributed by atoms with Crippen molar-refractivity contribution in [2.24, 2.45) is 0 Å². The third-order valence-electron chi connectivity index (χ3n) is 11.1. The number of rotatable bonds is 4. The van der Waals surface area contributed by atoms with Crippen LogP contribution in [0.2, 0.25) is 0 Å². The summed E-state index contributed by atoms with van der Waals surface area (Å²) in [6, 6.07) is 56.8. The third kappa shape index (κ3) is 5.63. The standard InChI is InChI=1S/C52H37BNO/c1-33-20-24-35(25-21-33)50-41-13-3-4-14-42(41)51(36-26-22-34(2)23-27-36)46-32-38(28-29-43(46)50)54-30-10-11-37(31-47(53)45-15-5-7-18-48(45)54)39-16-9-17-44-40-12-6-8-19-49(40)55-52(39)44/h3-29,31-32H,30H2,1-2H3. The van der Waals surface area contributed by atoms with Gasteiger partial charge in [0.05, 0.1) is 0 Å². The Bertz CT molecular complexity index is 3040. The molecule has 0 saturated carbocycles. The molecule has 3 heteroatoms. The number of para-hydroxylation sites is 3. The second-order valence-corrected chi connectivity index (χ2v) is 14.6. The molecule has 259 valence electrons. The fourth-order valence-corrected chi connectivity index (χ4v) is 8.41. The molecular formula is C52H37BNO. The molecule has 9 aromatic rings. The number of fused-ring (bicyclic) bond motifs is 6. The van der Waals surface area contributed by atoms with E-state index < -0.39 is 0 Å². The first-order valence-corrected chi connectivity index (χ1v) is 18.9. The van der Waals surface area contributed by atoms with Crippen LogP contribution in [0.5, 0.6) is 0 Å². The van der Waals surface area contributed by atoms with E-state index in [4.69, 9.17) is 11.9 Å². The van der Waals surface area contributed by atoms with Crippen LogP contribution in [0.15, 0.2) is 180 Å². The second-order valence-electron chi connectivity index (χ2n) is 14.6. The molecule has 0 spiro atoms. The van der Waals surface area contributed by atoms with Crippen LogP contribution < -0.4 is 4.90 Å². The molecule has 0 fully saturated rings. The van der Waals surface area contributed by atoms with Crippen LogP contribution >= 0.6 is 0 Å². The second kappa shape index (κ2) is 13.3. The van der Waals surface area contributed by atoms with E-state index in [0.29, 0.717) is 12.0 Å². The fourth-order valence-electron chi connectivity index (χ4n) is 8.41. The first-order chi connectivity index (χ1) is 27.0. The van der Waals surface area contributed by atoms with Crippen LogP contribution in [0, 0.1) is 13.8 Å². The number of hydrogen-bond acceptors (Lipinski definition) is 2. The minimum absolute atomic E-state index is 0.640. The van der Waals surface area contributed by atoms with Crippen LogP contribution in [-0.4, -0.2) is 19.5 Å². The topological polar surface area (TPSA) is 16.4 Å². The van der Waals surface area contributed by atoms with Gasteiger partial charge in [0.15, 0.2) is 0 Å². The van der Waals surface area contributed by atoms with Crippen molar-refractivity contribution in [1.29, 1.82) is 0 Å². The van der Waals surface area contributed by atoms with Crippen LogP contribution in [0.25, 0.3) is 71.3 Å². The number of nitrogens with zero attached hydrogens (tertiary/aromatic N) is 1. The van der Waals surface area contributed by atoms with Crippen molar-refractivity contribution in [1.82, 2.24) is 0 Å². The Morgan fingerprint density at radius 3 is 1.84 bits per heavy atom. The molecule has 0 unspecified atom stereocenters. The van der Waals surface area contributed by atoms with Gasteiger partial charge in [-0.05, 0) is 13.8 Å². The number of aryl methyl sites for hydroxylation is 2. The van der Waals surface area contributed by atoms with Gasteiger partial charge in [-0.25, -0.2) is 0 Å². The van der Waals surface area contributed by atoms with Crippen molar-refractivity contribution in [3.05, 3.63) is 198 Å². The normalized spacial score (nSPS) is 13.2. The molecule has 2 heterocycles. The molecule has 1 aliphatic heterocycles. The first kappa shape index (κ1) is 32.9. The van der Waals surface area contributed by atoms with E-state index in [9.17, 15) is 0 Å². The third-order valence-corrected chi connectivity index (χ3v) is 11.1. The monoisotopic (exact) mass is 702 g/mol. The summed E-state index contributed by atoms with van der Waals surface area (Å²) in [6.45, 7) is 4.93. The summed E-state index contributed by atoms with van der Waals surface area (Å²) in [7, 11) is 7.08. The average molecular weight is 703 g/mol. The van der Waals surface area contributed by atoms with Gasteiger partial charge in [-0.15, -0.1) is 0 Å². The SMILES string of the molecule is [B]=C1C=C(c2cccc3c2oc2ccccc23)C=CCN(c2ccc3c(-c4ccc(C)cc4)c4ccccc4c(-c4ccc(C)cc4)c3c2)c2ccccc21. The molecule has 1 aromatic heterocycles. The quantitative estimate of drug-likeness (QED) is 0.134. The van der Waals surface area contributed by atoms with Gasteiger partial charge in [0, 0.05) is 0 Å². The van der Waals surface area contributed by atoms with Gasteiger partial charge in [0.25, 0.3) is 0 Å². The summed E-state index contributed by atoms with van der Waals surface area (Å²) in [5.41, 5.74) is 15.0. The number of anilines is 2. The van der Waals surface area contributed by atoms with Crippen LogP contribution in [0.4, 0.5) is 11.4 Å². The van der Waals surface area contributed by atoms with E-state index in [1.165, 1.54) is 54.9 Å². The molecule has 0 atom stereocenters. The summed E-state index contributed by atoms with van der Waals surface area (Å²) >= 11 is 0. The predicted molar refractivity (Wildman–Crippen MR) is 236 cm³/mol. The van der Waals surface area contributed by atoms with Gasteiger partial charge in [0.1, 0.15) is 0 Å². The van der Waals surface area contributed by atoms with Gasteiger partial charge >= 0.3 is 304 Å². The van der Waals surface area contributed by atoms with Crippen LogP contribution in [-0.2, 0) is 0 Å². The van der Waals surface area contributed by atoms with E-state index in [1.807, 2.05) is 12.1 Å². The summed E-state index contributed by atoms with van der Waals surface area (Å²) in [6.07, 6.45) is 6.53. The van der Waals surface area contributed by atoms with Crippen molar-refractivity contribution < 1.29 is 4.42 Å². The maximum absolute atomic E-state index is 7.08. The van der Waals surface area contributed by atoms with E-state index in [2.05, 4.69) is 183 Å². The molecule has 2 nitrogen and oxygen atoms in total. The van der Waals surface area contributed by atoms with Crippen molar-refractivity contribution in [2.45, 2.75) is 13.8 Å². The Kier molecular flexibility index (Phi) is 7.96. The molecule has 0 saturated heterocycles. The molecular weight excluding hydrogens is 665 g/mol. The Labute approximate surface area is 322 Å². The number of hydrogen-bond donors (Lipinski definition) is 0. The average Bonchev–Trinajstić information content (AvgIpc) is 3.63. The zero-order valence-corrected chi connectivity index (χ0v) is 30.9. The molecule has 55 heavy (non-hydrogen) atoms. The van der Waals surface area contributed by atoms with Crippen LogP contribution in [0.3, 0.4) is 0 Å². The number of benzene rings is 8. The molecule has 0 bridgehead atoms. The summed E-state index contributed by atoms with van der Waals surface area (Å²) in [5.74, 6) is 0. The van der Waals surface area contributed by atoms with Gasteiger partial charge in [-0.3, -0.25) is 0 Å². The molecule has 0 N–H and O–H groups in total. The van der Waals surface area contributed by atoms with Crippen molar-refractivity contribution in [3.63, 3.8) is 0 Å². The van der Waals surface area contributed by atoms with Crippen molar-refractivity contribution in [3.8, 4) is 22.3 Å². The summed E-state index contributed by atoms with van der Waals surface area (Å²) in [5, 5.41) is 7.13. The Hall–Kier alpha value is -6.71. The molecule has 10 rings (SSSR count). The Balaban J connectivity index is 1.18. The fraction of sp³-hybridized carbons (Fsp3) is 0.0577. The van der Waals surface area contributed by atoms with Gasteiger partial charge < -0.3 is 0 Å². The Morgan fingerprint density at radius 1 is 0.527 bits per heavy atom. The summed E-state index contributed by atoms with van der Waals surface area (Å²) < 4.78 is 6.47. The van der Waals surface area contributed by atoms with Crippen molar-refractivity contribution in [2.75, 3.05) is 11.4 Å². The minimum atomic E-state index is 0.640. The molecule has 0 amide bonds. The zero-order valence-electron chi connectivity index (χ0n) is 30.9. The van der Waals surface area contributed by atoms with Gasteiger partial charge in [0.2, 0.25) is 0 Å². The number of allylic oxidation sites excluding steroid dienone is 3. The zero-order chi connectivity index (χ0) is 37.0. The van der Waals surface area contributed by atoms with E-state index >= 15 is 0 Å². The molecule has 1 aliphatic rings. The molecule has 8 aromatic carbocycles. The predicted octanol–water partition coefficient (Wildman–Crippen LogP) is 13.3. The van der Waals surface area contributed by atoms with Gasteiger partial charge in [-0.1, -0.05) is 5.56 Å². The first-order valence-electron chi connectivity index (χ1n) is 18.9. The number of furan rings is 1. The summed E-state index contributed by atoms with van der Waals surface area (Å²) in [4.78, 5) is 2.39. The molecule has 0 aliphatic carbocycles. The van der Waals surface area contributed by atoms with E-state index in [-0.39, 0.29) is 0 Å². The molecule has 1 radical (unpaired) electrons. The Morgan fingerprint density at radius 2 is 1.11 bits per heavy atom. The van der Waals surface area contributed by atoms with Crippen LogP contribution in [0.1, 0.15) is 22.3 Å². The maximum atomic E-state index is 7.08. The van der Waals surface area contributed by atoms with E-state index in [0.717, 1.165) is 50.0 Å². The van der Waals surface area contributed by atoms with E-state index in [1.54, 1.807) is 0 Å².